The van der Waals surface area contributed by atoms with Crippen molar-refractivity contribution in [2.24, 2.45) is 0 Å². The molecule has 4 aromatic rings. The molecule has 2 heterocycles. The van der Waals surface area contributed by atoms with Gasteiger partial charge in [0.25, 0.3) is 0 Å². The molecule has 0 aliphatic rings. The fourth-order valence-electron chi connectivity index (χ4n) is 2.79. The Morgan fingerprint density at radius 1 is 0.967 bits per heavy atom. The predicted molar refractivity (Wildman–Crippen MR) is 118 cm³/mol. The van der Waals surface area contributed by atoms with Crippen LogP contribution >= 0.6 is 11.6 Å². The Kier molecular flexibility index (Phi) is 5.58. The maximum Gasteiger partial charge on any atom is 0.323 e. The van der Waals surface area contributed by atoms with Crippen molar-refractivity contribution < 1.29 is 4.79 Å². The lowest BCUT2D eigenvalue weighted by Gasteiger charge is -2.11. The third-order valence-corrected chi connectivity index (χ3v) is 4.33. The zero-order valence-electron chi connectivity index (χ0n) is 16.0. The van der Waals surface area contributed by atoms with E-state index in [0.717, 1.165) is 11.5 Å². The number of aromatic nitrogens is 4. The van der Waals surface area contributed by atoms with Crippen LogP contribution in [0.1, 0.15) is 5.82 Å². The topological polar surface area (TPSA) is 96.8 Å². The first-order valence-electron chi connectivity index (χ1n) is 9.10. The van der Waals surface area contributed by atoms with Crippen molar-refractivity contribution in [1.82, 2.24) is 19.5 Å². The maximum absolute atomic E-state index is 12.2. The molecule has 2 aromatic carbocycles. The summed E-state index contributed by atoms with van der Waals surface area (Å²) in [5, 5.41) is 9.32. The van der Waals surface area contributed by atoms with E-state index in [0.29, 0.717) is 28.0 Å². The molecule has 8 nitrogen and oxygen atoms in total. The van der Waals surface area contributed by atoms with Gasteiger partial charge in [0.05, 0.1) is 0 Å². The highest BCUT2D eigenvalue weighted by molar-refractivity contribution is 6.30. The summed E-state index contributed by atoms with van der Waals surface area (Å²) < 4.78 is 1.81. The van der Waals surface area contributed by atoms with Crippen LogP contribution in [0.4, 0.5) is 27.7 Å². The average molecular weight is 420 g/mol. The molecular weight excluding hydrogens is 402 g/mol. The van der Waals surface area contributed by atoms with Gasteiger partial charge < -0.3 is 16.0 Å². The standard InChI is InChI=1S/C21H18ClN7O/c1-14-24-19(12-20(25-14)29-10-9-23-13-29)26-16-5-7-17(8-6-16)27-21(30)28-18-4-2-3-15(22)11-18/h2-13H,1H3,(H,24,25,26)(H2,27,28,30). The van der Waals surface area contributed by atoms with E-state index >= 15 is 0 Å². The van der Waals surface area contributed by atoms with E-state index < -0.39 is 0 Å². The molecule has 0 unspecified atom stereocenters. The van der Waals surface area contributed by atoms with Gasteiger partial charge in [0.15, 0.2) is 0 Å². The Labute approximate surface area is 178 Å². The molecule has 9 heteroatoms. The zero-order chi connectivity index (χ0) is 20.9. The van der Waals surface area contributed by atoms with Gasteiger partial charge in [-0.15, -0.1) is 0 Å². The number of anilines is 4. The number of nitrogens with zero attached hydrogens (tertiary/aromatic N) is 4. The molecule has 2 amide bonds. The molecule has 3 N–H and O–H groups in total. The molecule has 2 aromatic heterocycles. The number of carbonyl (C=O) groups is 1. The number of rotatable bonds is 5. The number of aryl methyl sites for hydroxylation is 1. The van der Waals surface area contributed by atoms with Gasteiger partial charge in [-0.2, -0.15) is 0 Å². The molecule has 0 spiro atoms. The Hall–Kier alpha value is -3.91. The summed E-state index contributed by atoms with van der Waals surface area (Å²) in [7, 11) is 0. The molecule has 0 saturated carbocycles. The summed E-state index contributed by atoms with van der Waals surface area (Å²) in [6.07, 6.45) is 5.19. The lowest BCUT2D eigenvalue weighted by atomic mass is 10.2. The van der Waals surface area contributed by atoms with Crippen LogP contribution in [-0.4, -0.2) is 25.6 Å². The highest BCUT2D eigenvalue weighted by Gasteiger charge is 2.06. The van der Waals surface area contributed by atoms with Crippen molar-refractivity contribution in [2.75, 3.05) is 16.0 Å². The van der Waals surface area contributed by atoms with E-state index in [1.165, 1.54) is 0 Å². The lowest BCUT2D eigenvalue weighted by molar-refractivity contribution is 0.262. The molecule has 0 bridgehead atoms. The van der Waals surface area contributed by atoms with Gasteiger partial charge >= 0.3 is 6.03 Å². The number of amides is 2. The van der Waals surface area contributed by atoms with Crippen molar-refractivity contribution in [3.05, 3.63) is 84.2 Å². The lowest BCUT2D eigenvalue weighted by Crippen LogP contribution is -2.19. The van der Waals surface area contributed by atoms with E-state index in [-0.39, 0.29) is 6.03 Å². The summed E-state index contributed by atoms with van der Waals surface area (Å²) in [6.45, 7) is 1.83. The summed E-state index contributed by atoms with van der Waals surface area (Å²) in [5.41, 5.74) is 2.09. The molecule has 30 heavy (non-hydrogen) atoms. The Morgan fingerprint density at radius 2 is 1.73 bits per heavy atom. The monoisotopic (exact) mass is 419 g/mol. The first-order valence-corrected chi connectivity index (χ1v) is 9.48. The minimum absolute atomic E-state index is 0.352. The molecule has 0 aliphatic carbocycles. The maximum atomic E-state index is 12.2. The van der Waals surface area contributed by atoms with Crippen LogP contribution in [0.2, 0.25) is 5.02 Å². The number of halogens is 1. The number of nitrogens with one attached hydrogen (secondary N) is 3. The smallest absolute Gasteiger partial charge is 0.323 e. The predicted octanol–water partition coefficient (Wildman–Crippen LogP) is 5.01. The van der Waals surface area contributed by atoms with Gasteiger partial charge in [-0.05, 0) is 49.4 Å². The zero-order valence-corrected chi connectivity index (χ0v) is 16.8. The third-order valence-electron chi connectivity index (χ3n) is 4.09. The molecule has 150 valence electrons. The minimum Gasteiger partial charge on any atom is -0.340 e. The summed E-state index contributed by atoms with van der Waals surface area (Å²) in [5.74, 6) is 2.02. The number of carbonyl (C=O) groups excluding carboxylic acids is 1. The van der Waals surface area contributed by atoms with Gasteiger partial charge in [0, 0.05) is 40.5 Å². The number of urea groups is 1. The highest BCUT2D eigenvalue weighted by Crippen LogP contribution is 2.20. The van der Waals surface area contributed by atoms with Crippen molar-refractivity contribution in [1.29, 1.82) is 0 Å². The van der Waals surface area contributed by atoms with Crippen LogP contribution in [-0.2, 0) is 0 Å². The molecule has 0 atom stereocenters. The molecule has 0 aliphatic heterocycles. The fourth-order valence-corrected chi connectivity index (χ4v) is 2.98. The molecule has 4 rings (SSSR count). The van der Waals surface area contributed by atoms with Gasteiger partial charge in [0.1, 0.15) is 23.8 Å². The van der Waals surface area contributed by atoms with Crippen molar-refractivity contribution in [2.45, 2.75) is 6.92 Å². The number of imidazole rings is 1. The number of hydrogen-bond donors (Lipinski definition) is 3. The first-order chi connectivity index (χ1) is 14.5. The normalized spacial score (nSPS) is 10.5. The second-order valence-electron chi connectivity index (χ2n) is 6.42. The fraction of sp³-hybridized carbons (Fsp3) is 0.0476. The third kappa shape index (κ3) is 4.92. The Balaban J connectivity index is 1.41. The van der Waals surface area contributed by atoms with Crippen LogP contribution in [0.5, 0.6) is 0 Å². The van der Waals surface area contributed by atoms with E-state index in [2.05, 4.69) is 30.9 Å². The first kappa shape index (κ1) is 19.4. The van der Waals surface area contributed by atoms with Crippen LogP contribution in [0.3, 0.4) is 0 Å². The van der Waals surface area contributed by atoms with Crippen LogP contribution in [0.15, 0.2) is 73.3 Å². The second-order valence-corrected chi connectivity index (χ2v) is 6.86. The van der Waals surface area contributed by atoms with E-state index in [1.54, 1.807) is 48.9 Å². The van der Waals surface area contributed by atoms with Crippen LogP contribution in [0, 0.1) is 6.92 Å². The molecule has 0 saturated heterocycles. The molecule has 0 radical (unpaired) electrons. The molecular formula is C21H18ClN7O. The minimum atomic E-state index is -0.352. The van der Waals surface area contributed by atoms with Crippen LogP contribution in [0.25, 0.3) is 5.82 Å². The SMILES string of the molecule is Cc1nc(Nc2ccc(NC(=O)Nc3cccc(Cl)c3)cc2)cc(-n2ccnc2)n1. The quantitative estimate of drug-likeness (QED) is 0.422. The average Bonchev–Trinajstić information content (AvgIpc) is 3.24. The van der Waals surface area contributed by atoms with E-state index in [9.17, 15) is 4.79 Å². The summed E-state index contributed by atoms with van der Waals surface area (Å²) in [4.78, 5) is 25.0. The largest absolute Gasteiger partial charge is 0.340 e. The van der Waals surface area contributed by atoms with Crippen molar-refractivity contribution >= 4 is 40.5 Å². The van der Waals surface area contributed by atoms with Gasteiger partial charge in [-0.25, -0.2) is 19.7 Å². The van der Waals surface area contributed by atoms with Crippen molar-refractivity contribution in [3.8, 4) is 5.82 Å². The molecule has 0 fully saturated rings. The Bertz CT molecular complexity index is 1160. The van der Waals surface area contributed by atoms with E-state index in [4.69, 9.17) is 11.6 Å². The second kappa shape index (κ2) is 8.62. The summed E-state index contributed by atoms with van der Waals surface area (Å²) in [6, 6.07) is 15.7. The highest BCUT2D eigenvalue weighted by atomic mass is 35.5. The van der Waals surface area contributed by atoms with Crippen molar-refractivity contribution in [3.63, 3.8) is 0 Å². The summed E-state index contributed by atoms with van der Waals surface area (Å²) >= 11 is 5.93. The van der Waals surface area contributed by atoms with Gasteiger partial charge in [-0.1, -0.05) is 17.7 Å². The Morgan fingerprint density at radius 3 is 2.47 bits per heavy atom. The van der Waals surface area contributed by atoms with Gasteiger partial charge in [0.2, 0.25) is 0 Å². The number of hydrogen-bond acceptors (Lipinski definition) is 5. The van der Waals surface area contributed by atoms with Gasteiger partial charge in [-0.3, -0.25) is 4.57 Å². The van der Waals surface area contributed by atoms with Crippen LogP contribution < -0.4 is 16.0 Å². The van der Waals surface area contributed by atoms with E-state index in [1.807, 2.05) is 35.9 Å². The number of benzene rings is 2.